The third-order valence-corrected chi connectivity index (χ3v) is 2.21. The summed E-state index contributed by atoms with van der Waals surface area (Å²) < 4.78 is 1.44. The number of hydrogen-bond acceptors (Lipinski definition) is 4. The molecule has 1 aromatic carbocycles. The van der Waals surface area contributed by atoms with E-state index in [1.54, 1.807) is 14.0 Å². The summed E-state index contributed by atoms with van der Waals surface area (Å²) >= 11 is 0. The van der Waals surface area contributed by atoms with Crippen LogP contribution in [0, 0.1) is 6.92 Å². The molecule has 5 nitrogen and oxygen atoms in total. The maximum Gasteiger partial charge on any atom is 0.243 e. The number of aromatic hydroxyl groups is 1. The summed E-state index contributed by atoms with van der Waals surface area (Å²) in [5, 5.41) is 21.6. The molecule has 0 saturated carbocycles. The van der Waals surface area contributed by atoms with Gasteiger partial charge in [-0.25, -0.2) is 0 Å². The molecule has 0 atom stereocenters. The average Bonchev–Trinajstić information content (AvgIpc) is 2.59. The third kappa shape index (κ3) is 1.67. The quantitative estimate of drug-likeness (QED) is 0.784. The van der Waals surface area contributed by atoms with Crippen LogP contribution in [0.1, 0.15) is 5.69 Å². The normalized spacial score (nSPS) is 11.1. The topological polar surface area (TPSA) is 62.8 Å². The maximum atomic E-state index is 9.94. The molecule has 82 valence electrons. The van der Waals surface area contributed by atoms with Crippen molar-refractivity contribution in [3.8, 4) is 11.6 Å². The fraction of sp³-hybridized carbons (Fsp3) is 0.182. The highest BCUT2D eigenvalue weighted by Crippen LogP contribution is 2.32. The number of azo groups is 1. The van der Waals surface area contributed by atoms with Crippen LogP contribution in [0.3, 0.4) is 0 Å². The minimum absolute atomic E-state index is 0.00861. The van der Waals surface area contributed by atoms with E-state index >= 15 is 0 Å². The molecule has 0 bridgehead atoms. The van der Waals surface area contributed by atoms with Crippen LogP contribution in [-0.2, 0) is 0 Å². The summed E-state index contributed by atoms with van der Waals surface area (Å²) in [4.78, 5) is 0. The highest BCUT2D eigenvalue weighted by Gasteiger charge is 2.14. The van der Waals surface area contributed by atoms with E-state index in [0.717, 1.165) is 5.69 Å². The molecule has 0 radical (unpaired) electrons. The van der Waals surface area contributed by atoms with E-state index in [1.807, 2.05) is 30.3 Å². The summed E-state index contributed by atoms with van der Waals surface area (Å²) in [6.45, 7) is 1.78. The number of aryl methyl sites for hydroxylation is 1. The van der Waals surface area contributed by atoms with Crippen LogP contribution < -0.4 is 0 Å². The molecule has 0 fully saturated rings. The van der Waals surface area contributed by atoms with Gasteiger partial charge in [0.1, 0.15) is 0 Å². The molecule has 2 rings (SSSR count). The van der Waals surface area contributed by atoms with E-state index in [4.69, 9.17) is 0 Å². The smallest absolute Gasteiger partial charge is 0.243 e. The second kappa shape index (κ2) is 4.14. The van der Waals surface area contributed by atoms with Gasteiger partial charge >= 0.3 is 0 Å². The van der Waals surface area contributed by atoms with Gasteiger partial charge in [0.25, 0.3) is 0 Å². The van der Waals surface area contributed by atoms with E-state index in [0.29, 0.717) is 11.4 Å². The van der Waals surface area contributed by atoms with Crippen LogP contribution in [0.15, 0.2) is 40.6 Å². The van der Waals surface area contributed by atoms with Crippen molar-refractivity contribution in [3.05, 3.63) is 36.0 Å². The van der Waals surface area contributed by atoms with E-state index < -0.39 is 0 Å². The Morgan fingerprint density at radius 3 is 2.56 bits per heavy atom. The number of para-hydroxylation sites is 1. The minimum Gasteiger partial charge on any atom is -0.492 e. The highest BCUT2D eigenvalue weighted by atomic mass is 16.3. The number of benzene rings is 1. The SMILES string of the molecule is CN=Nc1c(C)nn(-c2ccccc2)c1O. The fourth-order valence-corrected chi connectivity index (χ4v) is 1.47. The van der Waals surface area contributed by atoms with E-state index in [2.05, 4.69) is 15.3 Å². The van der Waals surface area contributed by atoms with E-state index in [-0.39, 0.29) is 5.88 Å². The van der Waals surface area contributed by atoms with Crippen LogP contribution in [0.25, 0.3) is 5.69 Å². The summed E-state index contributed by atoms with van der Waals surface area (Å²) in [5.74, 6) is 0.00861. The lowest BCUT2D eigenvalue weighted by Gasteiger charge is -2.01. The maximum absolute atomic E-state index is 9.94. The summed E-state index contributed by atoms with van der Waals surface area (Å²) in [7, 11) is 1.55. The lowest BCUT2D eigenvalue weighted by atomic mass is 10.3. The van der Waals surface area contributed by atoms with Crippen molar-refractivity contribution in [3.63, 3.8) is 0 Å². The molecule has 0 aliphatic carbocycles. The van der Waals surface area contributed by atoms with Crippen LogP contribution in [0.5, 0.6) is 5.88 Å². The molecule has 0 aliphatic rings. The monoisotopic (exact) mass is 216 g/mol. The summed E-state index contributed by atoms with van der Waals surface area (Å²) in [6.07, 6.45) is 0. The molecule has 2 aromatic rings. The zero-order valence-corrected chi connectivity index (χ0v) is 9.12. The molecule has 0 unspecified atom stereocenters. The summed E-state index contributed by atoms with van der Waals surface area (Å²) in [5.41, 5.74) is 1.85. The van der Waals surface area contributed by atoms with Gasteiger partial charge in [-0.2, -0.15) is 14.9 Å². The molecule has 0 saturated heterocycles. The molecular formula is C11H12N4O. The Balaban J connectivity index is 2.56. The first-order valence-corrected chi connectivity index (χ1v) is 4.88. The van der Waals surface area contributed by atoms with Gasteiger partial charge in [-0.15, -0.1) is 5.11 Å². The number of aromatic nitrogens is 2. The molecule has 0 amide bonds. The van der Waals surface area contributed by atoms with Crippen molar-refractivity contribution < 1.29 is 5.11 Å². The Kier molecular flexibility index (Phi) is 2.68. The Morgan fingerprint density at radius 1 is 1.25 bits per heavy atom. The Hall–Kier alpha value is -2.17. The largest absolute Gasteiger partial charge is 0.492 e. The first-order valence-electron chi connectivity index (χ1n) is 4.88. The second-order valence-corrected chi connectivity index (χ2v) is 3.30. The van der Waals surface area contributed by atoms with Crippen molar-refractivity contribution in [1.82, 2.24) is 9.78 Å². The molecular weight excluding hydrogens is 204 g/mol. The molecule has 1 N–H and O–H groups in total. The number of rotatable bonds is 2. The fourth-order valence-electron chi connectivity index (χ4n) is 1.47. The minimum atomic E-state index is 0.00861. The van der Waals surface area contributed by atoms with Gasteiger partial charge in [0.2, 0.25) is 5.88 Å². The lowest BCUT2D eigenvalue weighted by Crippen LogP contribution is -1.94. The number of nitrogens with zero attached hydrogens (tertiary/aromatic N) is 4. The van der Waals surface area contributed by atoms with Crippen LogP contribution in [0.4, 0.5) is 5.69 Å². The first-order chi connectivity index (χ1) is 7.74. The molecule has 16 heavy (non-hydrogen) atoms. The van der Waals surface area contributed by atoms with Crippen LogP contribution >= 0.6 is 0 Å². The van der Waals surface area contributed by atoms with Gasteiger partial charge in [0.15, 0.2) is 5.69 Å². The Labute approximate surface area is 93.1 Å². The van der Waals surface area contributed by atoms with Gasteiger partial charge < -0.3 is 5.11 Å². The zero-order valence-electron chi connectivity index (χ0n) is 9.12. The van der Waals surface area contributed by atoms with Crippen LogP contribution in [-0.4, -0.2) is 21.9 Å². The Morgan fingerprint density at radius 2 is 1.94 bits per heavy atom. The predicted octanol–water partition coefficient (Wildman–Crippen LogP) is 2.60. The van der Waals surface area contributed by atoms with Gasteiger partial charge in [-0.3, -0.25) is 0 Å². The van der Waals surface area contributed by atoms with Gasteiger partial charge in [0, 0.05) is 7.05 Å². The molecule has 1 heterocycles. The Bertz CT molecular complexity index is 516. The highest BCUT2D eigenvalue weighted by molar-refractivity contribution is 5.53. The average molecular weight is 216 g/mol. The number of hydrogen-bond donors (Lipinski definition) is 1. The van der Waals surface area contributed by atoms with Crippen molar-refractivity contribution in [2.45, 2.75) is 6.92 Å². The van der Waals surface area contributed by atoms with Crippen molar-refractivity contribution in [2.24, 2.45) is 10.2 Å². The van der Waals surface area contributed by atoms with Gasteiger partial charge in [-0.05, 0) is 19.1 Å². The third-order valence-electron chi connectivity index (χ3n) is 2.21. The van der Waals surface area contributed by atoms with Crippen molar-refractivity contribution >= 4 is 5.69 Å². The van der Waals surface area contributed by atoms with Crippen molar-refractivity contribution in [2.75, 3.05) is 7.05 Å². The van der Waals surface area contributed by atoms with Crippen LogP contribution in [0.2, 0.25) is 0 Å². The summed E-state index contributed by atoms with van der Waals surface area (Å²) in [6, 6.07) is 9.39. The lowest BCUT2D eigenvalue weighted by molar-refractivity contribution is 0.434. The molecule has 0 spiro atoms. The second-order valence-electron chi connectivity index (χ2n) is 3.30. The standard InChI is InChI=1S/C11H12N4O/c1-8-10(13-12-2)11(16)15(14-8)9-6-4-3-5-7-9/h3-7,16H,1-2H3. The van der Waals surface area contributed by atoms with E-state index in [1.165, 1.54) is 4.68 Å². The van der Waals surface area contributed by atoms with E-state index in [9.17, 15) is 5.11 Å². The van der Waals surface area contributed by atoms with Crippen molar-refractivity contribution in [1.29, 1.82) is 0 Å². The molecule has 1 aromatic heterocycles. The molecule has 0 aliphatic heterocycles. The van der Waals surface area contributed by atoms with Gasteiger partial charge in [0.05, 0.1) is 11.4 Å². The molecule has 5 heteroatoms. The first kappa shape index (κ1) is 10.4. The zero-order chi connectivity index (χ0) is 11.5. The predicted molar refractivity (Wildman–Crippen MR) is 60.4 cm³/mol. The van der Waals surface area contributed by atoms with Gasteiger partial charge in [-0.1, -0.05) is 18.2 Å².